The van der Waals surface area contributed by atoms with Gasteiger partial charge in [-0.2, -0.15) is 0 Å². The number of esters is 2. The number of halogens is 2. The van der Waals surface area contributed by atoms with Gasteiger partial charge in [0, 0.05) is 0 Å². The van der Waals surface area contributed by atoms with Gasteiger partial charge in [-0.05, 0) is 38.1 Å². The molecule has 0 aromatic heterocycles. The maximum Gasteiger partial charge on any atom is 0.355 e. The second-order valence-electron chi connectivity index (χ2n) is 6.44. The maximum atomic E-state index is 14.7. The highest BCUT2D eigenvalue weighted by atomic mass is 19.1. The van der Waals surface area contributed by atoms with Gasteiger partial charge in [0.15, 0.2) is 0 Å². The van der Waals surface area contributed by atoms with E-state index in [1.54, 1.807) is 38.1 Å². The van der Waals surface area contributed by atoms with Crippen LogP contribution in [-0.2, 0) is 19.1 Å². The molecule has 0 fully saturated rings. The SMILES string of the molecule is CCOC(=O)C1=C(C(=O)OCC)N(c2ccccc2F)CN(c2ccccc2F)C1. The van der Waals surface area contributed by atoms with Crippen molar-refractivity contribution in [1.29, 1.82) is 0 Å². The molecule has 0 spiro atoms. The van der Waals surface area contributed by atoms with Crippen LogP contribution < -0.4 is 9.80 Å². The van der Waals surface area contributed by atoms with Gasteiger partial charge in [0.05, 0.1) is 43.4 Å². The Kier molecular flexibility index (Phi) is 6.66. The Balaban J connectivity index is 2.19. The summed E-state index contributed by atoms with van der Waals surface area (Å²) in [7, 11) is 0. The number of rotatable bonds is 6. The lowest BCUT2D eigenvalue weighted by Gasteiger charge is -2.39. The first-order valence-electron chi connectivity index (χ1n) is 9.56. The van der Waals surface area contributed by atoms with Crippen LogP contribution in [0.2, 0.25) is 0 Å². The number of anilines is 2. The Hall–Kier alpha value is -3.42. The molecule has 1 heterocycles. The minimum absolute atomic E-state index is 0.0342. The normalized spacial score (nSPS) is 14.0. The highest BCUT2D eigenvalue weighted by Crippen LogP contribution is 2.32. The fraction of sp³-hybridized carbons (Fsp3) is 0.273. The molecule has 6 nitrogen and oxygen atoms in total. The van der Waals surface area contributed by atoms with Crippen molar-refractivity contribution in [3.05, 3.63) is 71.4 Å². The predicted octanol–water partition coefficient (Wildman–Crippen LogP) is 3.63. The number of hydrogen-bond acceptors (Lipinski definition) is 6. The zero-order valence-electron chi connectivity index (χ0n) is 16.7. The third-order valence-corrected chi connectivity index (χ3v) is 4.54. The first-order chi connectivity index (χ1) is 14.5. The van der Waals surface area contributed by atoms with E-state index in [0.29, 0.717) is 0 Å². The van der Waals surface area contributed by atoms with Crippen LogP contribution >= 0.6 is 0 Å². The molecule has 0 unspecified atom stereocenters. The number of para-hydroxylation sites is 2. The summed E-state index contributed by atoms with van der Waals surface area (Å²) in [5.41, 5.74) is 0.119. The van der Waals surface area contributed by atoms with Gasteiger partial charge in [-0.3, -0.25) is 0 Å². The van der Waals surface area contributed by atoms with E-state index >= 15 is 0 Å². The molecule has 3 rings (SSSR count). The lowest BCUT2D eigenvalue weighted by molar-refractivity contribution is -0.142. The van der Waals surface area contributed by atoms with Crippen molar-refractivity contribution >= 4 is 23.3 Å². The minimum atomic E-state index is -0.781. The lowest BCUT2D eigenvalue weighted by atomic mass is 10.1. The van der Waals surface area contributed by atoms with E-state index in [1.807, 2.05) is 0 Å². The molecule has 158 valence electrons. The summed E-state index contributed by atoms with van der Waals surface area (Å²) < 4.78 is 39.4. The minimum Gasteiger partial charge on any atom is -0.463 e. The monoisotopic (exact) mass is 416 g/mol. The van der Waals surface area contributed by atoms with Crippen LogP contribution in [0.25, 0.3) is 0 Å². The number of carbonyl (C=O) groups is 2. The lowest BCUT2D eigenvalue weighted by Crippen LogP contribution is -2.48. The van der Waals surface area contributed by atoms with Crippen molar-refractivity contribution in [1.82, 2.24) is 0 Å². The van der Waals surface area contributed by atoms with Crippen LogP contribution in [0.1, 0.15) is 13.8 Å². The molecule has 0 bridgehead atoms. The molecule has 1 aliphatic rings. The quantitative estimate of drug-likeness (QED) is 0.671. The second kappa shape index (κ2) is 9.39. The molecule has 0 atom stereocenters. The molecule has 0 amide bonds. The second-order valence-corrected chi connectivity index (χ2v) is 6.44. The van der Waals surface area contributed by atoms with Crippen LogP contribution in [0.5, 0.6) is 0 Å². The third-order valence-electron chi connectivity index (χ3n) is 4.54. The molecule has 0 saturated heterocycles. The molecule has 1 aliphatic heterocycles. The first-order valence-corrected chi connectivity index (χ1v) is 9.56. The van der Waals surface area contributed by atoms with Crippen molar-refractivity contribution in [3.63, 3.8) is 0 Å². The van der Waals surface area contributed by atoms with Crippen molar-refractivity contribution in [2.75, 3.05) is 36.2 Å². The third kappa shape index (κ3) is 4.27. The molecule has 2 aromatic carbocycles. The van der Waals surface area contributed by atoms with Gasteiger partial charge in [-0.15, -0.1) is 0 Å². The van der Waals surface area contributed by atoms with E-state index < -0.39 is 23.6 Å². The van der Waals surface area contributed by atoms with Gasteiger partial charge in [0.25, 0.3) is 0 Å². The Bertz CT molecular complexity index is 977. The summed E-state index contributed by atoms with van der Waals surface area (Å²) in [4.78, 5) is 28.3. The number of nitrogens with zero attached hydrogens (tertiary/aromatic N) is 2. The van der Waals surface area contributed by atoms with E-state index in [9.17, 15) is 18.4 Å². The van der Waals surface area contributed by atoms with Gasteiger partial charge in [0.1, 0.15) is 17.3 Å². The Labute approximate surface area is 173 Å². The topological polar surface area (TPSA) is 59.1 Å². The van der Waals surface area contributed by atoms with Gasteiger partial charge in [-0.1, -0.05) is 24.3 Å². The largest absolute Gasteiger partial charge is 0.463 e. The Morgan fingerprint density at radius 1 is 0.867 bits per heavy atom. The number of benzene rings is 2. The smallest absolute Gasteiger partial charge is 0.355 e. The van der Waals surface area contributed by atoms with E-state index in [4.69, 9.17) is 9.47 Å². The first kappa shape index (κ1) is 21.3. The molecule has 0 aliphatic carbocycles. The Morgan fingerprint density at radius 3 is 1.97 bits per heavy atom. The summed E-state index contributed by atoms with van der Waals surface area (Å²) in [6, 6.07) is 11.9. The summed E-state index contributed by atoms with van der Waals surface area (Å²) in [5, 5.41) is 0. The van der Waals surface area contributed by atoms with Gasteiger partial charge in [0.2, 0.25) is 0 Å². The van der Waals surface area contributed by atoms with Crippen molar-refractivity contribution < 1.29 is 27.8 Å². The molecule has 8 heteroatoms. The summed E-state index contributed by atoms with van der Waals surface area (Å²) in [5.74, 6) is -2.63. The predicted molar refractivity (Wildman–Crippen MR) is 108 cm³/mol. The van der Waals surface area contributed by atoms with Crippen molar-refractivity contribution in [2.24, 2.45) is 0 Å². The van der Waals surface area contributed by atoms with Crippen LogP contribution in [0.15, 0.2) is 59.8 Å². The molecule has 30 heavy (non-hydrogen) atoms. The molecule has 0 radical (unpaired) electrons. The molecule has 2 aromatic rings. The average molecular weight is 416 g/mol. The summed E-state index contributed by atoms with van der Waals surface area (Å²) >= 11 is 0. The fourth-order valence-electron chi connectivity index (χ4n) is 3.27. The van der Waals surface area contributed by atoms with Crippen LogP contribution in [0.4, 0.5) is 20.2 Å². The van der Waals surface area contributed by atoms with Gasteiger partial charge < -0.3 is 19.3 Å². The van der Waals surface area contributed by atoms with Gasteiger partial charge >= 0.3 is 11.9 Å². The fourth-order valence-corrected chi connectivity index (χ4v) is 3.27. The highest BCUT2D eigenvalue weighted by Gasteiger charge is 2.37. The van der Waals surface area contributed by atoms with E-state index in [-0.39, 0.29) is 49.1 Å². The number of carbonyl (C=O) groups excluding carboxylic acids is 2. The molecule has 0 N–H and O–H groups in total. The zero-order chi connectivity index (χ0) is 21.7. The van der Waals surface area contributed by atoms with Crippen molar-refractivity contribution in [2.45, 2.75) is 13.8 Å². The maximum absolute atomic E-state index is 14.7. The van der Waals surface area contributed by atoms with Crippen molar-refractivity contribution in [3.8, 4) is 0 Å². The standard InChI is InChI=1S/C22H22F2N2O4/c1-3-29-21(27)15-13-25(18-11-7-5-9-16(18)23)14-26(20(15)22(28)30-4-2)19-12-8-6-10-17(19)24/h5-12H,3-4,13-14H2,1-2H3. The van der Waals surface area contributed by atoms with Crippen LogP contribution in [0.3, 0.4) is 0 Å². The molecular weight excluding hydrogens is 394 g/mol. The average Bonchev–Trinajstić information content (AvgIpc) is 2.74. The molecular formula is C22H22F2N2O4. The number of ether oxygens (including phenoxy) is 2. The summed E-state index contributed by atoms with van der Waals surface area (Å²) in [6.45, 7) is 3.25. The zero-order valence-corrected chi connectivity index (χ0v) is 16.7. The van der Waals surface area contributed by atoms with Gasteiger partial charge in [-0.25, -0.2) is 18.4 Å². The van der Waals surface area contributed by atoms with E-state index in [1.165, 1.54) is 34.1 Å². The van der Waals surface area contributed by atoms with Crippen LogP contribution in [-0.4, -0.2) is 38.4 Å². The summed E-state index contributed by atoms with van der Waals surface area (Å²) in [6.07, 6.45) is 0. The van der Waals surface area contributed by atoms with Crippen LogP contribution in [0, 0.1) is 11.6 Å². The highest BCUT2D eigenvalue weighted by molar-refractivity contribution is 6.04. The Morgan fingerprint density at radius 2 is 1.40 bits per heavy atom. The molecule has 0 saturated carbocycles. The number of hydrogen-bond donors (Lipinski definition) is 0. The van der Waals surface area contributed by atoms with E-state index in [0.717, 1.165) is 0 Å². The van der Waals surface area contributed by atoms with E-state index in [2.05, 4.69) is 0 Å².